The van der Waals surface area contributed by atoms with Crippen LogP contribution in [0, 0.1) is 5.82 Å². The van der Waals surface area contributed by atoms with E-state index in [2.05, 4.69) is 15.9 Å². The Labute approximate surface area is 96.0 Å². The molecule has 0 aliphatic carbocycles. The van der Waals surface area contributed by atoms with Crippen molar-refractivity contribution in [1.29, 1.82) is 0 Å². The number of aldehydes is 1. The summed E-state index contributed by atoms with van der Waals surface area (Å²) in [6.45, 7) is 0. The average Bonchev–Trinajstić information content (AvgIpc) is 2.20. The third-order valence-corrected chi connectivity index (χ3v) is 2.96. The number of hydrogen-bond acceptors (Lipinski definition) is 1. The highest BCUT2D eigenvalue weighted by Crippen LogP contribution is 2.27. The second-order valence-electron chi connectivity index (χ2n) is 2.95. The number of halogens is 2. The Morgan fingerprint density at radius 3 is 2.53 bits per heavy atom. The fourth-order valence-electron chi connectivity index (χ4n) is 1.36. The van der Waals surface area contributed by atoms with E-state index in [1.165, 1.54) is 12.1 Å². The van der Waals surface area contributed by atoms with Gasteiger partial charge in [0.25, 0.3) is 0 Å². The number of carbonyl (C=O) groups excluding carboxylic acids is 1. The van der Waals surface area contributed by atoms with Crippen molar-refractivity contribution < 1.29 is 9.18 Å². The molecule has 0 aliphatic heterocycles. The lowest BCUT2D eigenvalue weighted by atomic mass is 10.1. The van der Waals surface area contributed by atoms with E-state index in [0.717, 1.165) is 17.1 Å². The maximum atomic E-state index is 12.9. The van der Waals surface area contributed by atoms with Crippen LogP contribution in [0.15, 0.2) is 34.8 Å². The van der Waals surface area contributed by atoms with Crippen LogP contribution >= 0.6 is 15.9 Å². The minimum Gasteiger partial charge on any atom is -0.298 e. The van der Waals surface area contributed by atoms with Gasteiger partial charge in [-0.1, -0.05) is 19.6 Å². The van der Waals surface area contributed by atoms with Gasteiger partial charge in [0.15, 0.2) is 6.29 Å². The third kappa shape index (κ3) is 2.07. The van der Waals surface area contributed by atoms with Crippen molar-refractivity contribution >= 4 is 33.0 Å². The molecule has 1 nitrogen and oxygen atoms in total. The molecule has 0 atom stereocenters. The molecule has 78 valence electrons. The van der Waals surface area contributed by atoms with Crippen LogP contribution in [0.5, 0.6) is 0 Å². The predicted molar refractivity (Wildman–Crippen MR) is 63.7 cm³/mol. The highest BCUT2D eigenvalue weighted by atomic mass is 79.9. The van der Waals surface area contributed by atoms with Gasteiger partial charge in [-0.3, -0.25) is 4.79 Å². The number of hydrogen-bond donors (Lipinski definition) is 0. The first-order chi connectivity index (χ1) is 6.72. The van der Waals surface area contributed by atoms with Crippen LogP contribution in [0.25, 0.3) is 10.8 Å². The Hall–Kier alpha value is -1.22. The lowest BCUT2D eigenvalue weighted by Gasteiger charge is -2.02. The molecule has 0 aliphatic rings. The van der Waals surface area contributed by atoms with Crippen LogP contribution in [0.1, 0.15) is 17.8 Å². The van der Waals surface area contributed by atoms with E-state index in [9.17, 15) is 9.18 Å². The highest BCUT2D eigenvalue weighted by molar-refractivity contribution is 9.10. The molecule has 0 heterocycles. The molecular formula is C12H10BrFO. The van der Waals surface area contributed by atoms with Crippen LogP contribution in [0.3, 0.4) is 0 Å². The molecule has 2 aromatic carbocycles. The zero-order valence-corrected chi connectivity index (χ0v) is 8.71. The van der Waals surface area contributed by atoms with Gasteiger partial charge in [-0.25, -0.2) is 4.39 Å². The van der Waals surface area contributed by atoms with Crippen LogP contribution in [-0.4, -0.2) is 6.29 Å². The first kappa shape index (κ1) is 11.9. The summed E-state index contributed by atoms with van der Waals surface area (Å²) in [5.41, 5.74) is 0.531. The minimum absolute atomic E-state index is 0. The second kappa shape index (κ2) is 4.53. The van der Waals surface area contributed by atoms with Crippen molar-refractivity contribution in [3.8, 4) is 0 Å². The van der Waals surface area contributed by atoms with E-state index >= 15 is 0 Å². The SMILES string of the molecule is C.O=Cc1ccc2ccc(F)cc2c1Br. The van der Waals surface area contributed by atoms with Gasteiger partial charge in [0.05, 0.1) is 0 Å². The molecule has 2 rings (SSSR count). The average molecular weight is 269 g/mol. The fourth-order valence-corrected chi connectivity index (χ4v) is 1.93. The zero-order chi connectivity index (χ0) is 10.1. The summed E-state index contributed by atoms with van der Waals surface area (Å²) in [5, 5.41) is 1.62. The molecule has 0 amide bonds. The summed E-state index contributed by atoms with van der Waals surface area (Å²) in [5.74, 6) is -0.304. The van der Waals surface area contributed by atoms with Crippen molar-refractivity contribution in [2.24, 2.45) is 0 Å². The van der Waals surface area contributed by atoms with Gasteiger partial charge >= 0.3 is 0 Å². The van der Waals surface area contributed by atoms with E-state index in [-0.39, 0.29) is 13.2 Å². The second-order valence-corrected chi connectivity index (χ2v) is 3.75. The molecule has 15 heavy (non-hydrogen) atoms. The molecule has 0 saturated carbocycles. The largest absolute Gasteiger partial charge is 0.298 e. The van der Waals surface area contributed by atoms with Gasteiger partial charge in [0, 0.05) is 10.0 Å². The van der Waals surface area contributed by atoms with Crippen LogP contribution < -0.4 is 0 Å². The van der Waals surface area contributed by atoms with E-state index in [1.807, 2.05) is 0 Å². The minimum atomic E-state index is -0.304. The van der Waals surface area contributed by atoms with E-state index in [1.54, 1.807) is 18.2 Å². The molecular weight excluding hydrogens is 259 g/mol. The van der Waals surface area contributed by atoms with Crippen molar-refractivity contribution in [2.45, 2.75) is 7.43 Å². The highest BCUT2D eigenvalue weighted by Gasteiger charge is 2.04. The molecule has 0 fully saturated rings. The molecule has 0 radical (unpaired) electrons. The molecule has 0 bridgehead atoms. The lowest BCUT2D eigenvalue weighted by molar-refractivity contribution is 0.112. The molecule has 0 N–H and O–H groups in total. The zero-order valence-electron chi connectivity index (χ0n) is 7.13. The Morgan fingerprint density at radius 1 is 1.20 bits per heavy atom. The van der Waals surface area contributed by atoms with Gasteiger partial charge in [-0.15, -0.1) is 0 Å². The third-order valence-electron chi connectivity index (χ3n) is 2.07. The smallest absolute Gasteiger partial charge is 0.151 e. The number of fused-ring (bicyclic) bond motifs is 1. The molecule has 0 spiro atoms. The van der Waals surface area contributed by atoms with E-state index in [0.29, 0.717) is 10.0 Å². The molecule has 2 aromatic rings. The van der Waals surface area contributed by atoms with Crippen LogP contribution in [0.2, 0.25) is 0 Å². The van der Waals surface area contributed by atoms with E-state index in [4.69, 9.17) is 0 Å². The normalized spacial score (nSPS) is 9.73. The van der Waals surface area contributed by atoms with Crippen molar-refractivity contribution in [1.82, 2.24) is 0 Å². The molecule has 0 saturated heterocycles. The Kier molecular flexibility index (Phi) is 3.58. The van der Waals surface area contributed by atoms with Gasteiger partial charge in [-0.2, -0.15) is 0 Å². The summed E-state index contributed by atoms with van der Waals surface area (Å²) in [6, 6.07) is 7.99. The fraction of sp³-hybridized carbons (Fsp3) is 0.0833. The summed E-state index contributed by atoms with van der Waals surface area (Å²) in [6.07, 6.45) is 0.744. The van der Waals surface area contributed by atoms with Crippen molar-refractivity contribution in [2.75, 3.05) is 0 Å². The standard InChI is InChI=1S/C11H6BrFO.CH4/c12-11-8(6-14)2-1-7-3-4-9(13)5-10(7)11;/h1-6H;1H4. The maximum Gasteiger partial charge on any atom is 0.151 e. The first-order valence-electron chi connectivity index (χ1n) is 4.05. The Morgan fingerprint density at radius 2 is 1.87 bits per heavy atom. The van der Waals surface area contributed by atoms with Gasteiger partial charge < -0.3 is 0 Å². The number of rotatable bonds is 1. The van der Waals surface area contributed by atoms with Crippen molar-refractivity contribution in [3.63, 3.8) is 0 Å². The van der Waals surface area contributed by atoms with Gasteiger partial charge in [0.1, 0.15) is 5.82 Å². The Bertz CT molecular complexity index is 508. The maximum absolute atomic E-state index is 12.9. The van der Waals surface area contributed by atoms with Crippen molar-refractivity contribution in [3.05, 3.63) is 46.2 Å². The van der Waals surface area contributed by atoms with Gasteiger partial charge in [-0.05, 0) is 44.9 Å². The molecule has 3 heteroatoms. The summed E-state index contributed by atoms with van der Waals surface area (Å²) < 4.78 is 13.6. The van der Waals surface area contributed by atoms with Crippen LogP contribution in [-0.2, 0) is 0 Å². The predicted octanol–water partition coefficient (Wildman–Crippen LogP) is 4.19. The number of benzene rings is 2. The van der Waals surface area contributed by atoms with Gasteiger partial charge in [0.2, 0.25) is 0 Å². The quantitative estimate of drug-likeness (QED) is 0.709. The molecule has 0 unspecified atom stereocenters. The van der Waals surface area contributed by atoms with Crippen LogP contribution in [0.4, 0.5) is 4.39 Å². The lowest BCUT2D eigenvalue weighted by Crippen LogP contribution is -1.85. The first-order valence-corrected chi connectivity index (χ1v) is 4.84. The van der Waals surface area contributed by atoms with E-state index < -0.39 is 0 Å². The summed E-state index contributed by atoms with van der Waals surface area (Å²) >= 11 is 3.28. The monoisotopic (exact) mass is 268 g/mol. The topological polar surface area (TPSA) is 17.1 Å². The number of carbonyl (C=O) groups is 1. The summed E-state index contributed by atoms with van der Waals surface area (Å²) in [4.78, 5) is 10.6. The Balaban J connectivity index is 0.00000112. The molecule has 0 aromatic heterocycles. The summed E-state index contributed by atoms with van der Waals surface area (Å²) in [7, 11) is 0.